The lowest BCUT2D eigenvalue weighted by molar-refractivity contribution is -0.138. The van der Waals surface area contributed by atoms with Gasteiger partial charge >= 0.3 is 0 Å². The Hall–Kier alpha value is -2.71. The molecule has 0 N–H and O–H groups in total. The minimum Gasteiger partial charge on any atom is -0.381 e. The monoisotopic (exact) mass is 424 g/mol. The molecule has 0 radical (unpaired) electrons. The van der Waals surface area contributed by atoms with Gasteiger partial charge in [-0.2, -0.15) is 0 Å². The van der Waals surface area contributed by atoms with E-state index in [1.807, 2.05) is 30.0 Å². The van der Waals surface area contributed by atoms with Gasteiger partial charge in [0.05, 0.1) is 25.3 Å². The van der Waals surface area contributed by atoms with Crippen LogP contribution in [-0.2, 0) is 27.3 Å². The average Bonchev–Trinajstić information content (AvgIpc) is 3.30. The van der Waals surface area contributed by atoms with Crippen molar-refractivity contribution in [2.24, 2.45) is 0 Å². The van der Waals surface area contributed by atoms with Crippen LogP contribution in [0.4, 0.5) is 0 Å². The fourth-order valence-electron chi connectivity index (χ4n) is 5.27. The standard InChI is InChI=1S/C23H28N4O4/c1-17-13-19(31-24-17)14-21(28)25-9-10-26-20(16-25)22(29)27(15-18-5-3-2-4-6-18)23(26)7-11-30-12-8-23/h2-6,13,20H,7-12,14-16H2,1H3/t20-/m1/s1. The van der Waals surface area contributed by atoms with Crippen LogP contribution in [-0.4, -0.2) is 76.2 Å². The lowest BCUT2D eigenvalue weighted by Gasteiger charge is -2.49. The highest BCUT2D eigenvalue weighted by Crippen LogP contribution is 2.42. The van der Waals surface area contributed by atoms with E-state index < -0.39 is 0 Å². The number of nitrogens with zero attached hydrogens (tertiary/aromatic N) is 4. The molecule has 2 amide bonds. The van der Waals surface area contributed by atoms with Crippen molar-refractivity contribution in [3.63, 3.8) is 0 Å². The first-order valence-electron chi connectivity index (χ1n) is 11.0. The van der Waals surface area contributed by atoms with Crippen molar-refractivity contribution in [1.82, 2.24) is 19.9 Å². The van der Waals surface area contributed by atoms with Crippen molar-refractivity contribution in [2.75, 3.05) is 32.8 Å². The normalized spacial score (nSPS) is 23.4. The molecule has 0 aliphatic carbocycles. The molecule has 1 atom stereocenters. The molecule has 8 nitrogen and oxygen atoms in total. The Morgan fingerprint density at radius 3 is 2.68 bits per heavy atom. The number of amides is 2. The Kier molecular flexibility index (Phi) is 5.27. The molecule has 3 fully saturated rings. The van der Waals surface area contributed by atoms with E-state index in [1.165, 1.54) is 0 Å². The highest BCUT2D eigenvalue weighted by atomic mass is 16.5. The molecule has 0 saturated carbocycles. The number of rotatable bonds is 4. The summed E-state index contributed by atoms with van der Waals surface area (Å²) in [5, 5.41) is 3.86. The molecule has 3 aliphatic heterocycles. The van der Waals surface area contributed by atoms with E-state index in [4.69, 9.17) is 9.26 Å². The summed E-state index contributed by atoms with van der Waals surface area (Å²) in [6.45, 7) is 5.42. The molecule has 1 aromatic heterocycles. The van der Waals surface area contributed by atoms with Crippen molar-refractivity contribution >= 4 is 11.8 Å². The fourth-order valence-corrected chi connectivity index (χ4v) is 5.27. The smallest absolute Gasteiger partial charge is 0.243 e. The highest BCUT2D eigenvalue weighted by Gasteiger charge is 2.58. The lowest BCUT2D eigenvalue weighted by atomic mass is 9.96. The molecule has 31 heavy (non-hydrogen) atoms. The number of hydrogen-bond acceptors (Lipinski definition) is 6. The van der Waals surface area contributed by atoms with E-state index in [0.717, 1.165) is 24.1 Å². The third-order valence-corrected chi connectivity index (χ3v) is 6.80. The number of aromatic nitrogens is 1. The summed E-state index contributed by atoms with van der Waals surface area (Å²) in [7, 11) is 0. The molecule has 3 aliphatic rings. The molecule has 2 aromatic rings. The molecule has 3 saturated heterocycles. The third-order valence-electron chi connectivity index (χ3n) is 6.80. The molecular formula is C23H28N4O4. The fraction of sp³-hybridized carbons (Fsp3) is 0.522. The number of aryl methyl sites for hydroxylation is 1. The van der Waals surface area contributed by atoms with Crippen molar-refractivity contribution < 1.29 is 18.8 Å². The van der Waals surface area contributed by atoms with Crippen LogP contribution in [0, 0.1) is 6.92 Å². The zero-order chi connectivity index (χ0) is 21.4. The van der Waals surface area contributed by atoms with Crippen LogP contribution >= 0.6 is 0 Å². The predicted molar refractivity (Wildman–Crippen MR) is 112 cm³/mol. The number of carbonyl (C=O) groups is 2. The topological polar surface area (TPSA) is 79.1 Å². The van der Waals surface area contributed by atoms with Gasteiger partial charge in [-0.3, -0.25) is 14.5 Å². The van der Waals surface area contributed by atoms with E-state index in [-0.39, 0.29) is 29.9 Å². The summed E-state index contributed by atoms with van der Waals surface area (Å²) in [6.07, 6.45) is 1.77. The molecule has 164 valence electrons. The maximum Gasteiger partial charge on any atom is 0.243 e. The number of benzene rings is 1. The maximum atomic E-state index is 13.6. The van der Waals surface area contributed by atoms with Crippen LogP contribution in [0.1, 0.15) is 29.9 Å². The number of piperazine rings is 1. The first kappa shape index (κ1) is 20.2. The summed E-state index contributed by atoms with van der Waals surface area (Å²) >= 11 is 0. The third kappa shape index (κ3) is 3.64. The van der Waals surface area contributed by atoms with Gasteiger partial charge in [0.2, 0.25) is 11.8 Å². The van der Waals surface area contributed by atoms with Crippen molar-refractivity contribution in [1.29, 1.82) is 0 Å². The van der Waals surface area contributed by atoms with E-state index in [0.29, 0.717) is 45.2 Å². The number of fused-ring (bicyclic) bond motifs is 2. The quantitative estimate of drug-likeness (QED) is 0.742. The van der Waals surface area contributed by atoms with Crippen LogP contribution < -0.4 is 0 Å². The van der Waals surface area contributed by atoms with Gasteiger partial charge in [-0.1, -0.05) is 35.5 Å². The van der Waals surface area contributed by atoms with Gasteiger partial charge in [-0.15, -0.1) is 0 Å². The summed E-state index contributed by atoms with van der Waals surface area (Å²) in [5.74, 6) is 0.652. The molecule has 4 heterocycles. The van der Waals surface area contributed by atoms with Gasteiger partial charge in [0.15, 0.2) is 0 Å². The Morgan fingerprint density at radius 2 is 1.97 bits per heavy atom. The Morgan fingerprint density at radius 1 is 1.19 bits per heavy atom. The minimum atomic E-state index is -0.326. The van der Waals surface area contributed by atoms with Crippen LogP contribution in [0.5, 0.6) is 0 Å². The van der Waals surface area contributed by atoms with Crippen LogP contribution in [0.25, 0.3) is 0 Å². The molecular weight excluding hydrogens is 396 g/mol. The second-order valence-electron chi connectivity index (χ2n) is 8.67. The van der Waals surface area contributed by atoms with E-state index in [1.54, 1.807) is 11.0 Å². The van der Waals surface area contributed by atoms with Gasteiger partial charge in [-0.25, -0.2) is 0 Å². The summed E-state index contributed by atoms with van der Waals surface area (Å²) in [4.78, 5) is 32.7. The van der Waals surface area contributed by atoms with E-state index >= 15 is 0 Å². The molecule has 0 unspecified atom stereocenters. The highest BCUT2D eigenvalue weighted by molar-refractivity contribution is 5.87. The average molecular weight is 425 g/mol. The van der Waals surface area contributed by atoms with Crippen molar-refractivity contribution in [2.45, 2.75) is 44.4 Å². The maximum absolute atomic E-state index is 13.6. The first-order valence-corrected chi connectivity index (χ1v) is 11.0. The van der Waals surface area contributed by atoms with Gasteiger partial charge in [0, 0.05) is 45.1 Å². The Labute approximate surface area is 181 Å². The molecule has 0 bridgehead atoms. The largest absolute Gasteiger partial charge is 0.381 e. The zero-order valence-electron chi connectivity index (χ0n) is 17.8. The lowest BCUT2D eigenvalue weighted by Crippen LogP contribution is -2.62. The molecule has 8 heteroatoms. The molecule has 5 rings (SSSR count). The molecule has 1 aromatic carbocycles. The zero-order valence-corrected chi connectivity index (χ0v) is 17.8. The Balaban J connectivity index is 1.36. The van der Waals surface area contributed by atoms with E-state index in [9.17, 15) is 9.59 Å². The SMILES string of the molecule is Cc1cc(CC(=O)N2CCN3[C@H](C2)C(=O)N(Cc2ccccc2)C32CCOCC2)on1. The van der Waals surface area contributed by atoms with Gasteiger partial charge < -0.3 is 19.1 Å². The van der Waals surface area contributed by atoms with Gasteiger partial charge in [0.25, 0.3) is 0 Å². The van der Waals surface area contributed by atoms with Crippen LogP contribution in [0.15, 0.2) is 40.9 Å². The van der Waals surface area contributed by atoms with E-state index in [2.05, 4.69) is 22.2 Å². The summed E-state index contributed by atoms with van der Waals surface area (Å²) < 4.78 is 10.9. The second kappa shape index (κ2) is 8.09. The van der Waals surface area contributed by atoms with Gasteiger partial charge in [0.1, 0.15) is 17.5 Å². The summed E-state index contributed by atoms with van der Waals surface area (Å²) in [5.41, 5.74) is 1.55. The minimum absolute atomic E-state index is 0.0221. The van der Waals surface area contributed by atoms with Crippen LogP contribution in [0.3, 0.4) is 0 Å². The number of carbonyl (C=O) groups excluding carboxylic acids is 2. The van der Waals surface area contributed by atoms with Gasteiger partial charge in [-0.05, 0) is 12.5 Å². The summed E-state index contributed by atoms with van der Waals surface area (Å²) in [6, 6.07) is 11.6. The first-order chi connectivity index (χ1) is 15.1. The molecule has 1 spiro atoms. The predicted octanol–water partition coefficient (Wildman–Crippen LogP) is 1.59. The second-order valence-corrected chi connectivity index (χ2v) is 8.67. The van der Waals surface area contributed by atoms with Crippen molar-refractivity contribution in [3.8, 4) is 0 Å². The Bertz CT molecular complexity index is 953. The number of hydrogen-bond donors (Lipinski definition) is 0. The van der Waals surface area contributed by atoms with Crippen molar-refractivity contribution in [3.05, 3.63) is 53.4 Å². The van der Waals surface area contributed by atoms with Crippen LogP contribution in [0.2, 0.25) is 0 Å². The number of ether oxygens (including phenoxy) is 1.